The predicted octanol–water partition coefficient (Wildman–Crippen LogP) is 10.7. The Hall–Kier alpha value is -2.82. The highest BCUT2D eigenvalue weighted by Crippen LogP contribution is 2.20. The van der Waals surface area contributed by atoms with Crippen LogP contribution in [0.4, 0.5) is 11.4 Å². The minimum atomic E-state index is -0.296. The second kappa shape index (κ2) is 20.2. The monoisotopic (exact) mass is 520 g/mol. The summed E-state index contributed by atoms with van der Waals surface area (Å²) in [5.41, 5.74) is 2.52. The van der Waals surface area contributed by atoms with Crippen LogP contribution in [0.15, 0.2) is 58.8 Å². The fourth-order valence-corrected chi connectivity index (χ4v) is 4.42. The summed E-state index contributed by atoms with van der Waals surface area (Å²) in [6, 6.07) is 14.0. The number of nitrogens with zero attached hydrogens (tertiary/aromatic N) is 2. The maximum atomic E-state index is 12.3. The van der Waals surface area contributed by atoms with Crippen LogP contribution in [-0.2, 0) is 4.74 Å². The number of ether oxygens (including phenoxy) is 1. The van der Waals surface area contributed by atoms with Gasteiger partial charge in [0.25, 0.3) is 0 Å². The smallest absolute Gasteiger partial charge is 0.338 e. The minimum absolute atomic E-state index is 0.107. The quantitative estimate of drug-likeness (QED) is 0.0711. The van der Waals surface area contributed by atoms with E-state index >= 15 is 0 Å². The van der Waals surface area contributed by atoms with Crippen molar-refractivity contribution in [2.75, 3.05) is 6.61 Å². The Morgan fingerprint density at radius 2 is 0.947 bits per heavy atom. The number of Topliss-reactive ketones (excluding diaryl/α,β-unsaturated/α-hetero) is 1. The summed E-state index contributed by atoms with van der Waals surface area (Å²) >= 11 is 0. The van der Waals surface area contributed by atoms with Crippen LogP contribution in [0.3, 0.4) is 0 Å². The van der Waals surface area contributed by atoms with Crippen LogP contribution in [0, 0.1) is 0 Å². The average molecular weight is 521 g/mol. The Morgan fingerprint density at radius 3 is 1.37 bits per heavy atom. The maximum Gasteiger partial charge on any atom is 0.338 e. The van der Waals surface area contributed by atoms with Gasteiger partial charge in [0.1, 0.15) is 0 Å². The first-order valence-electron chi connectivity index (χ1n) is 15.0. The van der Waals surface area contributed by atoms with Crippen molar-refractivity contribution >= 4 is 23.1 Å². The van der Waals surface area contributed by atoms with E-state index in [4.69, 9.17) is 4.74 Å². The first-order valence-corrected chi connectivity index (χ1v) is 15.0. The van der Waals surface area contributed by atoms with Crippen molar-refractivity contribution in [1.82, 2.24) is 0 Å². The third-order valence-electron chi connectivity index (χ3n) is 6.88. The summed E-state index contributed by atoms with van der Waals surface area (Å²) in [6.07, 6.45) is 20.2. The second-order valence-electron chi connectivity index (χ2n) is 10.2. The number of hydrogen-bond donors (Lipinski definition) is 0. The normalized spacial score (nSPS) is 11.2. The highest BCUT2D eigenvalue weighted by Gasteiger charge is 2.07. The molecule has 0 aliphatic carbocycles. The van der Waals surface area contributed by atoms with Crippen molar-refractivity contribution < 1.29 is 14.3 Å². The number of azo groups is 1. The molecule has 0 aliphatic heterocycles. The van der Waals surface area contributed by atoms with Crippen molar-refractivity contribution in [3.05, 3.63) is 59.7 Å². The van der Waals surface area contributed by atoms with Crippen LogP contribution < -0.4 is 0 Å². The summed E-state index contributed by atoms with van der Waals surface area (Å²) in [4.78, 5) is 24.0. The topological polar surface area (TPSA) is 68.1 Å². The standard InChI is InChI=1S/C33H48N2O3/c1-3-5-6-7-8-9-10-11-12-13-14-15-16-17-18-27-38-33(37)29-21-25-31(26-22-29)35-34-30-23-19-28(20-24-30)32(36)4-2/h19-26H,3-18,27H2,1-2H3. The van der Waals surface area contributed by atoms with E-state index in [2.05, 4.69) is 17.2 Å². The molecule has 0 radical (unpaired) electrons. The van der Waals surface area contributed by atoms with Gasteiger partial charge < -0.3 is 4.74 Å². The van der Waals surface area contributed by atoms with Gasteiger partial charge in [-0.2, -0.15) is 10.2 Å². The van der Waals surface area contributed by atoms with E-state index in [9.17, 15) is 9.59 Å². The molecule has 5 heteroatoms. The lowest BCUT2D eigenvalue weighted by molar-refractivity contribution is 0.0497. The number of ketones is 1. The molecule has 0 fully saturated rings. The lowest BCUT2D eigenvalue weighted by atomic mass is 10.0. The molecule has 0 atom stereocenters. The lowest BCUT2D eigenvalue weighted by Crippen LogP contribution is -2.06. The molecule has 0 saturated heterocycles. The lowest BCUT2D eigenvalue weighted by Gasteiger charge is -2.05. The Balaban J connectivity index is 1.50. The molecule has 2 rings (SSSR count). The zero-order valence-corrected chi connectivity index (χ0v) is 23.8. The summed E-state index contributed by atoms with van der Waals surface area (Å²) in [5.74, 6) is -0.189. The Morgan fingerprint density at radius 1 is 0.553 bits per heavy atom. The molecule has 0 bridgehead atoms. The Kier molecular flexibility index (Phi) is 16.7. The van der Waals surface area contributed by atoms with Crippen LogP contribution in [0.2, 0.25) is 0 Å². The molecular formula is C33H48N2O3. The maximum absolute atomic E-state index is 12.3. The molecule has 38 heavy (non-hydrogen) atoms. The van der Waals surface area contributed by atoms with E-state index in [1.165, 1.54) is 83.5 Å². The van der Waals surface area contributed by atoms with E-state index in [0.717, 1.165) is 12.8 Å². The second-order valence-corrected chi connectivity index (χ2v) is 10.2. The van der Waals surface area contributed by atoms with Gasteiger partial charge in [-0.1, -0.05) is 104 Å². The highest BCUT2D eigenvalue weighted by atomic mass is 16.5. The summed E-state index contributed by atoms with van der Waals surface area (Å²) in [7, 11) is 0. The number of rotatable bonds is 21. The first kappa shape index (κ1) is 31.4. The Labute approximate surface area is 230 Å². The fraction of sp³-hybridized carbons (Fsp3) is 0.576. The molecule has 0 saturated carbocycles. The van der Waals surface area contributed by atoms with Crippen molar-refractivity contribution in [3.63, 3.8) is 0 Å². The molecule has 0 aromatic heterocycles. The van der Waals surface area contributed by atoms with E-state index in [0.29, 0.717) is 35.5 Å². The van der Waals surface area contributed by atoms with Crippen LogP contribution in [0.1, 0.15) is 137 Å². The number of benzene rings is 2. The van der Waals surface area contributed by atoms with Crippen LogP contribution in [-0.4, -0.2) is 18.4 Å². The first-order chi connectivity index (χ1) is 18.6. The molecule has 208 valence electrons. The van der Waals surface area contributed by atoms with Crippen molar-refractivity contribution in [3.8, 4) is 0 Å². The minimum Gasteiger partial charge on any atom is -0.462 e. The number of carbonyl (C=O) groups excluding carboxylic acids is 2. The van der Waals surface area contributed by atoms with Gasteiger partial charge in [-0.05, 0) is 55.0 Å². The van der Waals surface area contributed by atoms with Gasteiger partial charge in [-0.3, -0.25) is 4.79 Å². The highest BCUT2D eigenvalue weighted by molar-refractivity contribution is 5.96. The average Bonchev–Trinajstić information content (AvgIpc) is 2.95. The molecule has 0 spiro atoms. The van der Waals surface area contributed by atoms with Gasteiger partial charge in [-0.15, -0.1) is 0 Å². The zero-order chi connectivity index (χ0) is 27.3. The zero-order valence-electron chi connectivity index (χ0n) is 23.8. The predicted molar refractivity (Wildman–Crippen MR) is 157 cm³/mol. The SMILES string of the molecule is CCCCCCCCCCCCCCCCCOC(=O)c1ccc(N=Nc2ccc(C(=O)CC)cc2)cc1. The molecule has 0 N–H and O–H groups in total. The van der Waals surface area contributed by atoms with E-state index in [1.54, 1.807) is 48.5 Å². The summed E-state index contributed by atoms with van der Waals surface area (Å²) < 4.78 is 5.43. The summed E-state index contributed by atoms with van der Waals surface area (Å²) in [6.45, 7) is 4.58. The largest absolute Gasteiger partial charge is 0.462 e. The van der Waals surface area contributed by atoms with Gasteiger partial charge in [0, 0.05) is 12.0 Å². The van der Waals surface area contributed by atoms with Crippen LogP contribution in [0.5, 0.6) is 0 Å². The van der Waals surface area contributed by atoms with Gasteiger partial charge in [0.2, 0.25) is 0 Å². The van der Waals surface area contributed by atoms with Crippen LogP contribution >= 0.6 is 0 Å². The molecule has 5 nitrogen and oxygen atoms in total. The van der Waals surface area contributed by atoms with Gasteiger partial charge >= 0.3 is 5.97 Å². The van der Waals surface area contributed by atoms with Gasteiger partial charge in [0.05, 0.1) is 23.5 Å². The third-order valence-corrected chi connectivity index (χ3v) is 6.88. The number of esters is 1. The van der Waals surface area contributed by atoms with E-state index in [1.807, 2.05) is 6.92 Å². The Bertz CT molecular complexity index is 936. The van der Waals surface area contributed by atoms with E-state index < -0.39 is 0 Å². The number of hydrogen-bond acceptors (Lipinski definition) is 5. The van der Waals surface area contributed by atoms with Crippen molar-refractivity contribution in [2.45, 2.75) is 117 Å². The fourth-order valence-electron chi connectivity index (χ4n) is 4.42. The molecular weight excluding hydrogens is 472 g/mol. The molecule has 2 aromatic carbocycles. The van der Waals surface area contributed by atoms with E-state index in [-0.39, 0.29) is 11.8 Å². The van der Waals surface area contributed by atoms with Crippen LogP contribution in [0.25, 0.3) is 0 Å². The molecule has 0 aliphatic rings. The van der Waals surface area contributed by atoms with Crippen molar-refractivity contribution in [1.29, 1.82) is 0 Å². The van der Waals surface area contributed by atoms with Gasteiger partial charge in [0.15, 0.2) is 5.78 Å². The summed E-state index contributed by atoms with van der Waals surface area (Å²) in [5, 5.41) is 8.41. The number of carbonyl (C=O) groups is 2. The molecule has 0 amide bonds. The number of unbranched alkanes of at least 4 members (excludes halogenated alkanes) is 14. The molecule has 2 aromatic rings. The molecule has 0 heterocycles. The van der Waals surface area contributed by atoms with Gasteiger partial charge in [-0.25, -0.2) is 4.79 Å². The van der Waals surface area contributed by atoms with Crippen molar-refractivity contribution in [2.24, 2.45) is 10.2 Å². The third kappa shape index (κ3) is 13.6. The molecule has 0 unspecified atom stereocenters.